The lowest BCUT2D eigenvalue weighted by Crippen LogP contribution is -2.48. The molecule has 1 fully saturated rings. The number of nitrogens with zero attached hydrogens (tertiary/aromatic N) is 7. The average molecular weight is 449 g/mol. The van der Waals surface area contributed by atoms with Gasteiger partial charge in [0.2, 0.25) is 0 Å². The minimum atomic E-state index is -0.0935. The van der Waals surface area contributed by atoms with Crippen molar-refractivity contribution in [2.24, 2.45) is 7.05 Å². The monoisotopic (exact) mass is 448 g/mol. The van der Waals surface area contributed by atoms with Crippen molar-refractivity contribution in [2.75, 3.05) is 38.6 Å². The average Bonchev–Trinajstić information content (AvgIpc) is 3.15. The fourth-order valence-electron chi connectivity index (χ4n) is 4.10. The number of amides is 2. The van der Waals surface area contributed by atoms with Gasteiger partial charge >= 0.3 is 6.03 Å². The molecule has 0 aliphatic carbocycles. The van der Waals surface area contributed by atoms with Crippen molar-refractivity contribution >= 4 is 11.8 Å². The fraction of sp³-hybridized carbons (Fsp3) is 0.417. The molecule has 4 rings (SSSR count). The Bertz CT molecular complexity index is 1060. The number of rotatable bonds is 6. The molecule has 0 spiro atoms. The summed E-state index contributed by atoms with van der Waals surface area (Å²) < 4.78 is 1.93. The minimum Gasteiger partial charge on any atom is -0.352 e. The van der Waals surface area contributed by atoms with Crippen LogP contribution in [-0.4, -0.2) is 69.3 Å². The number of nitrogens with one attached hydrogen (secondary N) is 1. The number of piperazine rings is 1. The third-order valence-corrected chi connectivity index (χ3v) is 6.29. The molecular weight excluding hydrogens is 416 g/mol. The molecule has 3 aromatic rings. The summed E-state index contributed by atoms with van der Waals surface area (Å²) in [5.41, 5.74) is 4.76. The second-order valence-corrected chi connectivity index (χ2v) is 8.67. The van der Waals surface area contributed by atoms with Gasteiger partial charge in [-0.1, -0.05) is 24.3 Å². The summed E-state index contributed by atoms with van der Waals surface area (Å²) in [4.78, 5) is 26.9. The van der Waals surface area contributed by atoms with Gasteiger partial charge in [0, 0.05) is 77.5 Å². The molecule has 174 valence electrons. The van der Waals surface area contributed by atoms with E-state index in [0.717, 1.165) is 37.6 Å². The van der Waals surface area contributed by atoms with Crippen LogP contribution in [0, 0.1) is 6.92 Å². The number of carbonyl (C=O) groups is 1. The van der Waals surface area contributed by atoms with Crippen molar-refractivity contribution in [2.45, 2.75) is 26.1 Å². The molecule has 1 aromatic carbocycles. The highest BCUT2D eigenvalue weighted by molar-refractivity contribution is 5.73. The van der Waals surface area contributed by atoms with Crippen molar-refractivity contribution in [3.05, 3.63) is 71.4 Å². The highest BCUT2D eigenvalue weighted by Crippen LogP contribution is 2.29. The molecule has 33 heavy (non-hydrogen) atoms. The summed E-state index contributed by atoms with van der Waals surface area (Å²) in [5, 5.41) is 7.34. The Kier molecular flexibility index (Phi) is 6.88. The number of carbonyl (C=O) groups excluding carboxylic acids is 1. The van der Waals surface area contributed by atoms with Gasteiger partial charge in [0.05, 0.1) is 18.4 Å². The summed E-state index contributed by atoms with van der Waals surface area (Å²) in [6.45, 7) is 6.10. The maximum Gasteiger partial charge on any atom is 0.317 e. The van der Waals surface area contributed by atoms with Crippen LogP contribution in [-0.2, 0) is 20.1 Å². The Morgan fingerprint density at radius 2 is 1.94 bits per heavy atom. The molecule has 3 heterocycles. The summed E-state index contributed by atoms with van der Waals surface area (Å²) in [6.07, 6.45) is 7.25. The summed E-state index contributed by atoms with van der Waals surface area (Å²) in [5.74, 6) is 0.905. The van der Waals surface area contributed by atoms with Crippen LogP contribution in [0.2, 0.25) is 0 Å². The molecule has 0 bridgehead atoms. The first-order valence-electron chi connectivity index (χ1n) is 11.2. The molecule has 1 N–H and O–H groups in total. The first-order chi connectivity index (χ1) is 15.9. The number of hydrogen-bond acceptors (Lipinski definition) is 6. The molecule has 1 saturated heterocycles. The molecule has 2 amide bonds. The van der Waals surface area contributed by atoms with Gasteiger partial charge in [-0.05, 0) is 18.1 Å². The predicted molar refractivity (Wildman–Crippen MR) is 128 cm³/mol. The second kappa shape index (κ2) is 9.99. The topological polar surface area (TPSA) is 82.4 Å². The van der Waals surface area contributed by atoms with Crippen LogP contribution in [0.25, 0.3) is 0 Å². The smallest absolute Gasteiger partial charge is 0.317 e. The van der Waals surface area contributed by atoms with Crippen LogP contribution in [0.4, 0.5) is 10.6 Å². The van der Waals surface area contributed by atoms with E-state index < -0.39 is 0 Å². The van der Waals surface area contributed by atoms with Gasteiger partial charge in [0.1, 0.15) is 5.82 Å². The zero-order valence-electron chi connectivity index (χ0n) is 19.8. The fourth-order valence-corrected chi connectivity index (χ4v) is 4.10. The van der Waals surface area contributed by atoms with E-state index in [1.165, 1.54) is 21.7 Å². The molecule has 1 atom stereocenters. The van der Waals surface area contributed by atoms with E-state index in [1.54, 1.807) is 26.5 Å². The van der Waals surface area contributed by atoms with E-state index in [9.17, 15) is 4.79 Å². The van der Waals surface area contributed by atoms with E-state index in [-0.39, 0.29) is 12.1 Å². The number of anilines is 1. The van der Waals surface area contributed by atoms with Crippen LogP contribution < -0.4 is 10.2 Å². The van der Waals surface area contributed by atoms with Gasteiger partial charge in [-0.3, -0.25) is 14.6 Å². The zero-order chi connectivity index (χ0) is 23.4. The van der Waals surface area contributed by atoms with E-state index in [4.69, 9.17) is 0 Å². The normalized spacial score (nSPS) is 16.6. The number of aromatic nitrogens is 4. The van der Waals surface area contributed by atoms with Gasteiger partial charge in [0.15, 0.2) is 0 Å². The Morgan fingerprint density at radius 3 is 2.58 bits per heavy atom. The quantitative estimate of drug-likeness (QED) is 0.623. The van der Waals surface area contributed by atoms with Crippen LogP contribution in [0.3, 0.4) is 0 Å². The molecular formula is C24H32N8O. The third kappa shape index (κ3) is 5.31. The molecule has 9 nitrogen and oxygen atoms in total. The van der Waals surface area contributed by atoms with Crippen molar-refractivity contribution in [1.29, 1.82) is 0 Å². The first kappa shape index (κ1) is 22.7. The highest BCUT2D eigenvalue weighted by Gasteiger charge is 2.29. The summed E-state index contributed by atoms with van der Waals surface area (Å²) >= 11 is 0. The largest absolute Gasteiger partial charge is 0.352 e. The number of urea groups is 1. The van der Waals surface area contributed by atoms with Crippen molar-refractivity contribution < 1.29 is 4.79 Å². The molecule has 0 saturated carbocycles. The lowest BCUT2D eigenvalue weighted by atomic mass is 10.00. The third-order valence-electron chi connectivity index (χ3n) is 6.29. The molecule has 1 aliphatic heterocycles. The Balaban J connectivity index is 1.54. The van der Waals surface area contributed by atoms with Gasteiger partial charge in [-0.15, -0.1) is 0 Å². The number of hydrogen-bond donors (Lipinski definition) is 1. The van der Waals surface area contributed by atoms with Crippen LogP contribution in [0.5, 0.6) is 0 Å². The van der Waals surface area contributed by atoms with E-state index in [2.05, 4.69) is 61.4 Å². The first-order valence-corrected chi connectivity index (χ1v) is 11.2. The van der Waals surface area contributed by atoms with E-state index >= 15 is 0 Å². The lowest BCUT2D eigenvalue weighted by molar-refractivity contribution is 0.168. The number of aryl methyl sites for hydroxylation is 1. The van der Waals surface area contributed by atoms with Gasteiger partial charge < -0.3 is 15.1 Å². The predicted octanol–water partition coefficient (Wildman–Crippen LogP) is 2.35. The maximum atomic E-state index is 11.8. The highest BCUT2D eigenvalue weighted by atomic mass is 16.2. The van der Waals surface area contributed by atoms with Gasteiger partial charge in [-0.2, -0.15) is 5.10 Å². The molecule has 2 aromatic heterocycles. The van der Waals surface area contributed by atoms with Crippen molar-refractivity contribution in [3.63, 3.8) is 0 Å². The Hall–Kier alpha value is -3.46. The van der Waals surface area contributed by atoms with Crippen molar-refractivity contribution in [1.82, 2.24) is 34.9 Å². The molecule has 9 heteroatoms. The SMILES string of the molecule is Cc1c(CN2CCN(c3cnccn3)CC2c2ccc(CNC(=O)N(C)C)cc2)cnn1C. The molecule has 1 aliphatic rings. The van der Waals surface area contributed by atoms with Crippen LogP contribution >= 0.6 is 0 Å². The Labute approximate surface area is 195 Å². The molecule has 0 radical (unpaired) electrons. The van der Waals surface area contributed by atoms with Gasteiger partial charge in [-0.25, -0.2) is 9.78 Å². The number of benzene rings is 1. The zero-order valence-corrected chi connectivity index (χ0v) is 19.8. The van der Waals surface area contributed by atoms with Gasteiger partial charge in [0.25, 0.3) is 0 Å². The van der Waals surface area contributed by atoms with E-state index in [1.807, 2.05) is 24.1 Å². The minimum absolute atomic E-state index is 0.0935. The van der Waals surface area contributed by atoms with Crippen molar-refractivity contribution in [3.8, 4) is 0 Å². The second-order valence-electron chi connectivity index (χ2n) is 8.67. The van der Waals surface area contributed by atoms with Crippen LogP contribution in [0.15, 0.2) is 49.1 Å². The lowest BCUT2D eigenvalue weighted by Gasteiger charge is -2.42. The van der Waals surface area contributed by atoms with E-state index in [0.29, 0.717) is 6.54 Å². The van der Waals surface area contributed by atoms with Crippen LogP contribution in [0.1, 0.15) is 28.4 Å². The molecule has 1 unspecified atom stereocenters. The summed E-state index contributed by atoms with van der Waals surface area (Å²) in [6, 6.07) is 8.64. The maximum absolute atomic E-state index is 11.8. The standard InChI is InChI=1S/C24H32N8O/c1-18-21(14-28-30(18)4)16-31-11-12-32(23-15-25-9-10-26-23)17-22(31)20-7-5-19(6-8-20)13-27-24(33)29(2)3/h5-10,14-15,22H,11-13,16-17H2,1-4H3,(H,27,33). The summed E-state index contributed by atoms with van der Waals surface area (Å²) in [7, 11) is 5.46. The Morgan fingerprint density at radius 1 is 1.15 bits per heavy atom.